The third-order valence-corrected chi connectivity index (χ3v) is 4.97. The van der Waals surface area contributed by atoms with Crippen molar-refractivity contribution in [2.24, 2.45) is 0 Å². The van der Waals surface area contributed by atoms with Gasteiger partial charge in [0, 0.05) is 5.02 Å². The van der Waals surface area contributed by atoms with E-state index in [9.17, 15) is 4.79 Å². The highest BCUT2D eigenvalue weighted by Gasteiger charge is 2.13. The Morgan fingerprint density at radius 2 is 1.45 bits per heavy atom. The van der Waals surface area contributed by atoms with Gasteiger partial charge in [-0.15, -0.1) is 0 Å². The van der Waals surface area contributed by atoms with E-state index in [0.717, 1.165) is 29.0 Å². The quantitative estimate of drug-likeness (QED) is 0.268. The maximum Gasteiger partial charge on any atom is 0.170 e. The first-order chi connectivity index (χ1) is 15.8. The number of unbranched alkanes of at least 4 members (excludes halogenated alkanes) is 4. The van der Waals surface area contributed by atoms with Crippen molar-refractivity contribution in [3.8, 4) is 5.75 Å². The first-order valence-electron chi connectivity index (χ1n) is 12.2. The summed E-state index contributed by atoms with van der Waals surface area (Å²) >= 11 is 5.67. The van der Waals surface area contributed by atoms with Crippen molar-refractivity contribution in [1.82, 2.24) is 0 Å². The van der Waals surface area contributed by atoms with Crippen molar-refractivity contribution >= 4 is 23.7 Å². The lowest BCUT2D eigenvalue weighted by atomic mass is 10.2. The fraction of sp³-hybridized carbons (Fsp3) is 0.517. The van der Waals surface area contributed by atoms with E-state index in [0.29, 0.717) is 6.42 Å². The minimum absolute atomic E-state index is 0.0794. The van der Waals surface area contributed by atoms with Gasteiger partial charge in [-0.3, -0.25) is 4.79 Å². The van der Waals surface area contributed by atoms with E-state index >= 15 is 0 Å². The molecule has 0 spiro atoms. The van der Waals surface area contributed by atoms with E-state index in [-0.39, 0.29) is 11.9 Å². The maximum absolute atomic E-state index is 11.2. The largest absolute Gasteiger partial charge is 0.482 e. The third kappa shape index (κ3) is 19.1. The molecule has 0 saturated heterocycles. The van der Waals surface area contributed by atoms with Crippen LogP contribution in [0.15, 0.2) is 48.5 Å². The summed E-state index contributed by atoms with van der Waals surface area (Å²) in [6, 6.07) is 15.7. The molecule has 2 rings (SSSR count). The standard InChI is InChI=1S/C12H16O2.C8H9Cl.C7H16.C2H4O/c1-4-11(10(3)13)14-12-8-6-5-7-9(12)2;1-2-7-3-5-8(9)6-4-7;1-3-5-7-6-4-2;1-2-3/h5-8,11H,4H2,1-3H3;3-6H,2H2,1H3;3-7H2,1-2H3;2H,1H3. The van der Waals surface area contributed by atoms with E-state index in [2.05, 4.69) is 20.8 Å². The van der Waals surface area contributed by atoms with Gasteiger partial charge in [0.2, 0.25) is 0 Å². The van der Waals surface area contributed by atoms with Crippen molar-refractivity contribution in [3.63, 3.8) is 0 Å². The van der Waals surface area contributed by atoms with E-state index in [1.807, 2.05) is 62.4 Å². The van der Waals surface area contributed by atoms with Gasteiger partial charge in [0.05, 0.1) is 0 Å². The zero-order chi connectivity index (χ0) is 25.5. The van der Waals surface area contributed by atoms with Gasteiger partial charge >= 0.3 is 0 Å². The number of carbonyl (C=O) groups is 2. The van der Waals surface area contributed by atoms with Gasteiger partial charge in [0.1, 0.15) is 12.0 Å². The molecular weight excluding hydrogens is 432 g/mol. The van der Waals surface area contributed by atoms with Crippen LogP contribution in [0.2, 0.25) is 5.02 Å². The van der Waals surface area contributed by atoms with Crippen molar-refractivity contribution in [2.75, 3.05) is 0 Å². The maximum atomic E-state index is 11.2. The molecule has 3 nitrogen and oxygen atoms in total. The van der Waals surface area contributed by atoms with Crippen molar-refractivity contribution in [2.45, 2.75) is 99.5 Å². The van der Waals surface area contributed by atoms with Gasteiger partial charge in [-0.2, -0.15) is 0 Å². The predicted octanol–water partition coefficient (Wildman–Crippen LogP) is 8.83. The number of carbonyl (C=O) groups excluding carboxylic acids is 2. The fourth-order valence-electron chi connectivity index (χ4n) is 2.69. The molecule has 0 bridgehead atoms. The Bertz CT molecular complexity index is 722. The molecule has 0 amide bonds. The summed E-state index contributed by atoms with van der Waals surface area (Å²) in [5.41, 5.74) is 2.40. The fourth-order valence-corrected chi connectivity index (χ4v) is 2.82. The van der Waals surface area contributed by atoms with E-state index in [4.69, 9.17) is 21.1 Å². The number of ketones is 1. The lowest BCUT2D eigenvalue weighted by molar-refractivity contribution is -0.123. The van der Waals surface area contributed by atoms with E-state index < -0.39 is 0 Å². The molecule has 2 aromatic carbocycles. The molecule has 0 aliphatic rings. The molecule has 0 aromatic heterocycles. The van der Waals surface area contributed by atoms with Gasteiger partial charge in [-0.05, 0) is 62.9 Å². The monoisotopic (exact) mass is 476 g/mol. The highest BCUT2D eigenvalue weighted by Crippen LogP contribution is 2.18. The number of para-hydroxylation sites is 1. The Morgan fingerprint density at radius 3 is 1.85 bits per heavy atom. The third-order valence-electron chi connectivity index (χ3n) is 4.72. The molecule has 0 N–H and O–H groups in total. The molecule has 0 saturated carbocycles. The Kier molecular flexibility index (Phi) is 23.1. The Morgan fingerprint density at radius 1 is 0.939 bits per heavy atom. The zero-order valence-corrected chi connectivity index (χ0v) is 22.6. The van der Waals surface area contributed by atoms with Crippen LogP contribution in [0.4, 0.5) is 0 Å². The zero-order valence-electron chi connectivity index (χ0n) is 21.8. The van der Waals surface area contributed by atoms with Gasteiger partial charge in [0.15, 0.2) is 11.9 Å². The second-order valence-corrected chi connectivity index (χ2v) is 8.10. The van der Waals surface area contributed by atoms with Crippen LogP contribution in [-0.4, -0.2) is 18.2 Å². The molecule has 0 heterocycles. The van der Waals surface area contributed by atoms with Crippen LogP contribution in [0.1, 0.15) is 91.2 Å². The first-order valence-corrected chi connectivity index (χ1v) is 12.6. The highest BCUT2D eigenvalue weighted by atomic mass is 35.5. The number of hydrogen-bond acceptors (Lipinski definition) is 3. The van der Waals surface area contributed by atoms with Crippen LogP contribution < -0.4 is 4.74 Å². The first kappa shape index (κ1) is 33.0. The number of benzene rings is 2. The second kappa shape index (κ2) is 23.0. The summed E-state index contributed by atoms with van der Waals surface area (Å²) in [6.07, 6.45) is 9.24. The minimum atomic E-state index is -0.309. The van der Waals surface area contributed by atoms with E-state index in [1.54, 1.807) is 6.92 Å². The summed E-state index contributed by atoms with van der Waals surface area (Å²) in [4.78, 5) is 20.0. The molecule has 0 fully saturated rings. The van der Waals surface area contributed by atoms with Gasteiger partial charge in [-0.25, -0.2) is 0 Å². The van der Waals surface area contributed by atoms with Crippen LogP contribution in [-0.2, 0) is 16.0 Å². The van der Waals surface area contributed by atoms with Crippen LogP contribution >= 0.6 is 11.6 Å². The SMILES string of the molecule is CC=O.CCC(Oc1ccccc1C)C(C)=O.CCCCCCC.CCc1ccc(Cl)cc1. The van der Waals surface area contributed by atoms with Gasteiger partial charge < -0.3 is 9.53 Å². The van der Waals surface area contributed by atoms with Crippen LogP contribution in [0, 0.1) is 6.92 Å². The summed E-state index contributed by atoms with van der Waals surface area (Å²) in [7, 11) is 0. The molecule has 1 atom stereocenters. The second-order valence-electron chi connectivity index (χ2n) is 7.67. The summed E-state index contributed by atoms with van der Waals surface area (Å²) in [5, 5.41) is 0.812. The van der Waals surface area contributed by atoms with Crippen molar-refractivity contribution < 1.29 is 14.3 Å². The highest BCUT2D eigenvalue weighted by molar-refractivity contribution is 6.30. The topological polar surface area (TPSA) is 43.4 Å². The smallest absolute Gasteiger partial charge is 0.170 e. The van der Waals surface area contributed by atoms with Crippen molar-refractivity contribution in [3.05, 3.63) is 64.7 Å². The number of hydrogen-bond donors (Lipinski definition) is 0. The minimum Gasteiger partial charge on any atom is -0.482 e. The number of halogens is 1. The average Bonchev–Trinajstić information content (AvgIpc) is 2.80. The molecule has 33 heavy (non-hydrogen) atoms. The van der Waals surface area contributed by atoms with Crippen molar-refractivity contribution in [1.29, 1.82) is 0 Å². The Hall–Kier alpha value is -2.13. The molecule has 0 aliphatic heterocycles. The van der Waals surface area contributed by atoms with Crippen LogP contribution in [0.5, 0.6) is 5.75 Å². The number of aryl methyl sites for hydroxylation is 2. The predicted molar refractivity (Wildman–Crippen MR) is 144 cm³/mol. The number of rotatable bonds is 9. The summed E-state index contributed by atoms with van der Waals surface area (Å²) in [6.45, 7) is 13.5. The summed E-state index contributed by atoms with van der Waals surface area (Å²) in [5.74, 6) is 0.880. The molecule has 186 valence electrons. The van der Waals surface area contributed by atoms with Crippen LogP contribution in [0.3, 0.4) is 0 Å². The number of Topliss-reactive ketones (excluding diaryl/α,β-unsaturated/α-hetero) is 1. The number of ether oxygens (including phenoxy) is 1. The van der Waals surface area contributed by atoms with Gasteiger partial charge in [-0.1, -0.05) is 102 Å². The van der Waals surface area contributed by atoms with E-state index in [1.165, 1.54) is 44.6 Å². The summed E-state index contributed by atoms with van der Waals surface area (Å²) < 4.78 is 5.61. The lowest BCUT2D eigenvalue weighted by Gasteiger charge is -2.15. The Balaban J connectivity index is 0. The lowest BCUT2D eigenvalue weighted by Crippen LogP contribution is -2.24. The van der Waals surface area contributed by atoms with Crippen LogP contribution in [0.25, 0.3) is 0 Å². The molecule has 2 aromatic rings. The molecular formula is C29H45ClO3. The molecule has 0 radical (unpaired) electrons. The van der Waals surface area contributed by atoms with Gasteiger partial charge in [0.25, 0.3) is 0 Å². The Labute approximate surface area is 207 Å². The molecule has 4 heteroatoms. The molecule has 1 unspecified atom stereocenters. The molecule has 0 aliphatic carbocycles. The average molecular weight is 477 g/mol. The normalized spacial score (nSPS) is 10.2. The number of aldehydes is 1.